The van der Waals surface area contributed by atoms with Crippen LogP contribution in [0.3, 0.4) is 0 Å². The van der Waals surface area contributed by atoms with Gasteiger partial charge in [-0.3, -0.25) is 4.90 Å². The van der Waals surface area contributed by atoms with Gasteiger partial charge in [-0.15, -0.1) is 0 Å². The fourth-order valence-corrected chi connectivity index (χ4v) is 3.44. The molecule has 0 amide bonds. The molecule has 1 heterocycles. The molecule has 1 fully saturated rings. The minimum absolute atomic E-state index is 0.113. The lowest BCUT2D eigenvalue weighted by atomic mass is 10.2. The first kappa shape index (κ1) is 15.9. The summed E-state index contributed by atoms with van der Waals surface area (Å²) >= 11 is 0.880. The van der Waals surface area contributed by atoms with E-state index in [1.807, 2.05) is 0 Å². The Balaban J connectivity index is 2.09. The van der Waals surface area contributed by atoms with Crippen LogP contribution in [0, 0.1) is 0 Å². The Morgan fingerprint density at radius 3 is 2.13 bits per heavy atom. The molecule has 0 saturated carbocycles. The quantitative estimate of drug-likeness (QED) is 0.892. The first-order chi connectivity index (χ1) is 10.9. The fraction of sp³-hybridized carbons (Fsp3) is 0.188. The molecule has 0 bridgehead atoms. The van der Waals surface area contributed by atoms with Gasteiger partial charge in [-0.05, 0) is 24.3 Å². The van der Waals surface area contributed by atoms with Crippen LogP contribution in [-0.2, 0) is 0 Å². The zero-order valence-corrected chi connectivity index (χ0v) is 12.7. The first-order valence-corrected chi connectivity index (χ1v) is 7.81. The maximum Gasteiger partial charge on any atom is 0.437 e. The molecule has 0 radical (unpaired) electrons. The zero-order chi connectivity index (χ0) is 16.5. The highest BCUT2D eigenvalue weighted by atomic mass is 32.2. The normalized spacial score (nSPS) is 23.5. The molecule has 2 aromatic carbocycles. The molecule has 0 spiro atoms. The smallest absolute Gasteiger partial charge is 0.362 e. The van der Waals surface area contributed by atoms with Crippen LogP contribution in [0.1, 0.15) is 0 Å². The van der Waals surface area contributed by atoms with E-state index in [9.17, 15) is 18.3 Å². The highest BCUT2D eigenvalue weighted by molar-refractivity contribution is 8.14. The lowest BCUT2D eigenvalue weighted by Crippen LogP contribution is -2.58. The van der Waals surface area contributed by atoms with E-state index in [2.05, 4.69) is 4.99 Å². The molecule has 0 aromatic heterocycles. The van der Waals surface area contributed by atoms with Gasteiger partial charge in [-0.25, -0.2) is 4.99 Å². The Morgan fingerprint density at radius 2 is 1.57 bits per heavy atom. The third-order valence-electron chi connectivity index (χ3n) is 3.41. The van der Waals surface area contributed by atoms with Crippen molar-refractivity contribution in [3.8, 4) is 0 Å². The van der Waals surface area contributed by atoms with E-state index < -0.39 is 17.7 Å². The van der Waals surface area contributed by atoms with E-state index >= 15 is 0 Å². The minimum atomic E-state index is -4.80. The van der Waals surface area contributed by atoms with E-state index in [0.717, 1.165) is 16.7 Å². The van der Waals surface area contributed by atoms with Crippen LogP contribution in [0.15, 0.2) is 65.7 Å². The third kappa shape index (κ3) is 2.94. The number of hydrogen-bond donors (Lipinski definition) is 1. The lowest BCUT2D eigenvalue weighted by molar-refractivity contribution is -0.244. The minimum Gasteiger partial charge on any atom is -0.362 e. The third-order valence-corrected chi connectivity index (χ3v) is 4.49. The Morgan fingerprint density at radius 1 is 1.00 bits per heavy atom. The van der Waals surface area contributed by atoms with Gasteiger partial charge in [0.25, 0.3) is 5.72 Å². The molecule has 1 aliphatic rings. The van der Waals surface area contributed by atoms with E-state index in [1.165, 1.54) is 12.1 Å². The van der Waals surface area contributed by atoms with Crippen molar-refractivity contribution in [2.75, 3.05) is 10.7 Å². The van der Waals surface area contributed by atoms with E-state index in [-0.39, 0.29) is 10.9 Å². The molecule has 3 rings (SSSR count). The number of aliphatic imine (C=N–C) groups is 1. The van der Waals surface area contributed by atoms with Gasteiger partial charge < -0.3 is 5.11 Å². The van der Waals surface area contributed by atoms with Crippen molar-refractivity contribution in [1.29, 1.82) is 0 Å². The number of amidine groups is 1. The number of rotatable bonds is 2. The van der Waals surface area contributed by atoms with Crippen LogP contribution in [0.5, 0.6) is 0 Å². The Hall–Kier alpha value is -1.99. The maximum absolute atomic E-state index is 13.4. The molecule has 7 heteroatoms. The van der Waals surface area contributed by atoms with Gasteiger partial charge in [0.2, 0.25) is 0 Å². The monoisotopic (exact) mass is 338 g/mol. The Kier molecular flexibility index (Phi) is 4.08. The van der Waals surface area contributed by atoms with Crippen LogP contribution in [0.2, 0.25) is 0 Å². The summed E-state index contributed by atoms with van der Waals surface area (Å²) in [6.07, 6.45) is -4.80. The summed E-state index contributed by atoms with van der Waals surface area (Å²) < 4.78 is 40.3. The second kappa shape index (κ2) is 5.90. The van der Waals surface area contributed by atoms with Gasteiger partial charge in [0, 0.05) is 5.69 Å². The topological polar surface area (TPSA) is 35.8 Å². The highest BCUT2D eigenvalue weighted by Crippen LogP contribution is 2.45. The number of para-hydroxylation sites is 2. The molecule has 1 aliphatic heterocycles. The summed E-state index contributed by atoms with van der Waals surface area (Å²) in [4.78, 5) is 5.12. The first-order valence-electron chi connectivity index (χ1n) is 6.83. The summed E-state index contributed by atoms with van der Waals surface area (Å²) in [5, 5.41) is 10.4. The van der Waals surface area contributed by atoms with Crippen molar-refractivity contribution in [2.24, 2.45) is 4.99 Å². The average molecular weight is 338 g/mol. The molecule has 2 aromatic rings. The lowest BCUT2D eigenvalue weighted by Gasteiger charge is -2.35. The Bertz CT molecular complexity index is 706. The molecule has 23 heavy (non-hydrogen) atoms. The van der Waals surface area contributed by atoms with Gasteiger partial charge in [-0.2, -0.15) is 13.2 Å². The van der Waals surface area contributed by atoms with Gasteiger partial charge in [0.15, 0.2) is 5.17 Å². The van der Waals surface area contributed by atoms with Crippen LogP contribution in [-0.4, -0.2) is 27.9 Å². The average Bonchev–Trinajstić information content (AvgIpc) is 2.87. The number of benzene rings is 2. The van der Waals surface area contributed by atoms with E-state index in [0.29, 0.717) is 5.69 Å². The molecule has 1 saturated heterocycles. The van der Waals surface area contributed by atoms with Gasteiger partial charge in [-0.1, -0.05) is 48.2 Å². The largest absolute Gasteiger partial charge is 0.437 e. The van der Waals surface area contributed by atoms with Crippen molar-refractivity contribution >= 4 is 28.3 Å². The van der Waals surface area contributed by atoms with Crippen molar-refractivity contribution in [2.45, 2.75) is 11.9 Å². The van der Waals surface area contributed by atoms with Crippen molar-refractivity contribution in [1.82, 2.24) is 0 Å². The van der Waals surface area contributed by atoms with Crippen LogP contribution in [0.25, 0.3) is 0 Å². The molecule has 120 valence electrons. The van der Waals surface area contributed by atoms with Crippen LogP contribution < -0.4 is 4.90 Å². The van der Waals surface area contributed by atoms with Gasteiger partial charge in [0.05, 0.1) is 11.4 Å². The van der Waals surface area contributed by atoms with Crippen LogP contribution >= 0.6 is 11.8 Å². The predicted molar refractivity (Wildman–Crippen MR) is 85.9 cm³/mol. The predicted octanol–water partition coefficient (Wildman–Crippen LogP) is 4.18. The SMILES string of the molecule is OC1(C(F)(F)F)CSC(=Nc2ccccc2)N1c1ccccc1. The second-order valence-corrected chi connectivity index (χ2v) is 5.95. The number of aliphatic hydroxyl groups is 1. The standard InChI is InChI=1S/C16H13F3N2OS/c17-16(18,19)15(22)11-23-14(20-12-7-3-1-4-8-12)21(15)13-9-5-2-6-10-13/h1-10,22H,11H2. The number of hydrogen-bond acceptors (Lipinski definition) is 3. The highest BCUT2D eigenvalue weighted by Gasteiger charge is 2.62. The second-order valence-electron chi connectivity index (χ2n) is 5.00. The molecular weight excluding hydrogens is 325 g/mol. The van der Waals surface area contributed by atoms with Crippen LogP contribution in [0.4, 0.5) is 24.5 Å². The maximum atomic E-state index is 13.4. The molecule has 1 unspecified atom stereocenters. The van der Waals surface area contributed by atoms with Gasteiger partial charge in [0.1, 0.15) is 0 Å². The van der Waals surface area contributed by atoms with Crippen molar-refractivity contribution in [3.63, 3.8) is 0 Å². The fourth-order valence-electron chi connectivity index (χ4n) is 2.26. The van der Waals surface area contributed by atoms with E-state index in [1.54, 1.807) is 48.5 Å². The molecule has 0 aliphatic carbocycles. The summed E-state index contributed by atoms with van der Waals surface area (Å²) in [6, 6.07) is 16.7. The Labute approximate surface area is 135 Å². The summed E-state index contributed by atoms with van der Waals surface area (Å²) in [7, 11) is 0. The van der Waals surface area contributed by atoms with E-state index in [4.69, 9.17) is 0 Å². The summed E-state index contributed by atoms with van der Waals surface area (Å²) in [5.74, 6) is -0.531. The zero-order valence-electron chi connectivity index (χ0n) is 11.9. The summed E-state index contributed by atoms with van der Waals surface area (Å²) in [6.45, 7) is 0. The number of nitrogens with zero attached hydrogens (tertiary/aromatic N) is 2. The molecule has 1 atom stereocenters. The molecular formula is C16H13F3N2OS. The molecule has 1 N–H and O–H groups in total. The number of thioether (sulfide) groups is 1. The van der Waals surface area contributed by atoms with Crippen molar-refractivity contribution < 1.29 is 18.3 Å². The van der Waals surface area contributed by atoms with Gasteiger partial charge >= 0.3 is 6.18 Å². The van der Waals surface area contributed by atoms with Crippen molar-refractivity contribution in [3.05, 3.63) is 60.7 Å². The number of halogens is 3. The number of anilines is 1. The summed E-state index contributed by atoms with van der Waals surface area (Å²) in [5.41, 5.74) is -2.21. The number of alkyl halides is 3. The molecule has 3 nitrogen and oxygen atoms in total.